The molecule has 3 aliphatic heterocycles. The summed E-state index contributed by atoms with van der Waals surface area (Å²) in [5.41, 5.74) is 3.12. The van der Waals surface area contributed by atoms with Gasteiger partial charge in [0.05, 0.1) is 36.5 Å². The second-order valence-corrected chi connectivity index (χ2v) is 12.9. The molecular formula is C36H39F2N7O2. The topological polar surface area (TPSA) is 99.7 Å². The predicted octanol–water partition coefficient (Wildman–Crippen LogP) is 5.20. The van der Waals surface area contributed by atoms with Gasteiger partial charge in [-0.2, -0.15) is 10.5 Å². The number of fused-ring (bicyclic) bond motifs is 2. The summed E-state index contributed by atoms with van der Waals surface area (Å²) in [5.74, 6) is -1.83. The minimum atomic E-state index is -1.58. The normalized spacial score (nSPS) is 21.6. The lowest BCUT2D eigenvalue weighted by Crippen LogP contribution is -2.55. The van der Waals surface area contributed by atoms with Gasteiger partial charge in [-0.1, -0.05) is 36.9 Å². The fourth-order valence-corrected chi connectivity index (χ4v) is 7.45. The highest BCUT2D eigenvalue weighted by molar-refractivity contribution is 5.97. The van der Waals surface area contributed by atoms with Crippen molar-refractivity contribution < 1.29 is 18.3 Å². The Bertz CT molecular complexity index is 1800. The Hall–Kier alpha value is -4.74. The van der Waals surface area contributed by atoms with Gasteiger partial charge in [-0.15, -0.1) is 0 Å². The number of piperidine rings is 1. The Kier molecular flexibility index (Phi) is 9.03. The third-order valence-electron chi connectivity index (χ3n) is 9.64. The second kappa shape index (κ2) is 13.2. The van der Waals surface area contributed by atoms with E-state index in [0.717, 1.165) is 28.9 Å². The third-order valence-corrected chi connectivity index (χ3v) is 9.64. The number of carbonyl (C=O) groups is 1. The van der Waals surface area contributed by atoms with Gasteiger partial charge >= 0.3 is 0 Å². The van der Waals surface area contributed by atoms with E-state index in [1.54, 1.807) is 0 Å². The molecule has 0 N–H and O–H groups in total. The number of aryl methyl sites for hydroxylation is 1. The van der Waals surface area contributed by atoms with E-state index < -0.39 is 23.4 Å². The Morgan fingerprint density at radius 1 is 1.15 bits per heavy atom. The molecule has 2 fully saturated rings. The van der Waals surface area contributed by atoms with Crippen LogP contribution in [-0.4, -0.2) is 85.3 Å². The average molecular weight is 640 g/mol. The first-order valence-corrected chi connectivity index (χ1v) is 16.1. The molecule has 6 rings (SSSR count). The van der Waals surface area contributed by atoms with Gasteiger partial charge in [0.15, 0.2) is 11.5 Å². The monoisotopic (exact) mass is 639 g/mol. The Morgan fingerprint density at radius 2 is 1.94 bits per heavy atom. The van der Waals surface area contributed by atoms with Crippen LogP contribution >= 0.6 is 0 Å². The van der Waals surface area contributed by atoms with Gasteiger partial charge in [0, 0.05) is 49.4 Å². The van der Waals surface area contributed by atoms with Crippen molar-refractivity contribution in [3.8, 4) is 18.0 Å². The molecule has 1 aromatic heterocycles. The number of rotatable bonds is 7. The van der Waals surface area contributed by atoms with E-state index in [-0.39, 0.29) is 44.1 Å². The molecule has 11 heteroatoms. The maximum Gasteiger partial charge on any atom is 0.282 e. The van der Waals surface area contributed by atoms with Crippen LogP contribution in [0.3, 0.4) is 0 Å². The summed E-state index contributed by atoms with van der Waals surface area (Å²) in [7, 11) is 1.88. The van der Waals surface area contributed by atoms with Crippen molar-refractivity contribution in [1.82, 2.24) is 14.8 Å². The lowest BCUT2D eigenvalue weighted by molar-refractivity contribution is -0.131. The van der Waals surface area contributed by atoms with Gasteiger partial charge in [-0.25, -0.2) is 13.8 Å². The first-order valence-electron chi connectivity index (χ1n) is 16.1. The summed E-state index contributed by atoms with van der Waals surface area (Å²) in [6.07, 6.45) is 1.63. The highest BCUT2D eigenvalue weighted by Crippen LogP contribution is 2.40. The molecule has 0 saturated carbocycles. The molecule has 1 amide bonds. The SMILES string of the molecule is C=C(F)C(=O)N1CCN(c2c(C#N)c(OC[C@]3(F)CCCN(C)C3)nc3c2CCN(c2cccc4cccc(C)c24)C3)C[C@@H]1CC#N. The maximum absolute atomic E-state index is 15.9. The molecule has 2 atom stereocenters. The number of piperazine rings is 1. The van der Waals surface area contributed by atoms with Gasteiger partial charge in [-0.05, 0) is 56.8 Å². The summed E-state index contributed by atoms with van der Waals surface area (Å²) in [6, 6.07) is 16.3. The molecule has 2 saturated heterocycles. The molecule has 0 unspecified atom stereocenters. The summed E-state index contributed by atoms with van der Waals surface area (Å²) < 4.78 is 36.0. The minimum Gasteiger partial charge on any atom is -0.473 e. The molecule has 0 radical (unpaired) electrons. The molecule has 4 heterocycles. The van der Waals surface area contributed by atoms with Crippen LogP contribution in [0.2, 0.25) is 0 Å². The zero-order valence-electron chi connectivity index (χ0n) is 26.9. The van der Waals surface area contributed by atoms with Crippen LogP contribution in [0.15, 0.2) is 48.8 Å². The first-order chi connectivity index (χ1) is 22.6. The summed E-state index contributed by atoms with van der Waals surface area (Å²) in [6.45, 7) is 7.84. The molecular weight excluding hydrogens is 600 g/mol. The highest BCUT2D eigenvalue weighted by atomic mass is 19.1. The standard InChI is InChI=1S/C36H39F2N7O2/c1-24-7-4-8-26-9-5-10-31(32(24)26)43-16-12-28-30(21-43)41-34(47-23-36(38)13-6-15-42(3)22-36)29(19-40)33(28)44-17-18-45(35(46)25(2)37)27(20-44)11-14-39/h4-5,7-10,27H,2,6,11-13,15-18,20-23H2,1,3H3/t27-,36-/m0/s1. The van der Waals surface area contributed by atoms with Gasteiger partial charge in [-0.3, -0.25) is 4.79 Å². The molecule has 9 nitrogen and oxygen atoms in total. The smallest absolute Gasteiger partial charge is 0.282 e. The van der Waals surface area contributed by atoms with Crippen molar-refractivity contribution in [2.45, 2.75) is 50.9 Å². The lowest BCUT2D eigenvalue weighted by atomic mass is 9.95. The number of aromatic nitrogens is 1. The van der Waals surface area contributed by atoms with Gasteiger partial charge in [0.2, 0.25) is 5.88 Å². The average Bonchev–Trinajstić information content (AvgIpc) is 3.06. The molecule has 2 aromatic carbocycles. The molecule has 0 aliphatic carbocycles. The number of benzene rings is 2. The first kappa shape index (κ1) is 32.2. The van der Waals surface area contributed by atoms with Crippen LogP contribution in [0.4, 0.5) is 20.2 Å². The van der Waals surface area contributed by atoms with Crippen molar-refractivity contribution >= 4 is 28.1 Å². The predicted molar refractivity (Wildman–Crippen MR) is 177 cm³/mol. The quantitative estimate of drug-likeness (QED) is 0.325. The summed E-state index contributed by atoms with van der Waals surface area (Å²) >= 11 is 0. The number of ether oxygens (including phenoxy) is 1. The number of pyridine rings is 1. The van der Waals surface area contributed by atoms with E-state index in [4.69, 9.17) is 9.72 Å². The number of hydrogen-bond acceptors (Lipinski definition) is 8. The van der Waals surface area contributed by atoms with Crippen molar-refractivity contribution in [3.63, 3.8) is 0 Å². The largest absolute Gasteiger partial charge is 0.473 e. The van der Waals surface area contributed by atoms with Crippen LogP contribution in [0.1, 0.15) is 41.6 Å². The maximum atomic E-state index is 15.9. The number of carbonyl (C=O) groups excluding carboxylic acids is 1. The van der Waals surface area contributed by atoms with Crippen molar-refractivity contribution in [2.24, 2.45) is 0 Å². The minimum absolute atomic E-state index is 0.0138. The number of likely N-dealkylation sites (tertiary alicyclic amines) is 1. The highest BCUT2D eigenvalue weighted by Gasteiger charge is 2.38. The number of amides is 1. The van der Waals surface area contributed by atoms with E-state index in [2.05, 4.69) is 54.8 Å². The van der Waals surface area contributed by atoms with E-state index in [0.29, 0.717) is 44.6 Å². The number of nitrogens with zero attached hydrogens (tertiary/aromatic N) is 7. The van der Waals surface area contributed by atoms with E-state index in [1.807, 2.05) is 29.0 Å². The lowest BCUT2D eigenvalue weighted by Gasteiger charge is -2.43. The van der Waals surface area contributed by atoms with Crippen molar-refractivity contribution in [1.29, 1.82) is 10.5 Å². The summed E-state index contributed by atoms with van der Waals surface area (Å²) in [4.78, 5) is 25.1. The fourth-order valence-electron chi connectivity index (χ4n) is 7.45. The number of nitriles is 2. The van der Waals surface area contributed by atoms with Crippen molar-refractivity contribution in [2.75, 3.05) is 62.7 Å². The Labute approximate surface area is 274 Å². The number of anilines is 2. The molecule has 0 spiro atoms. The molecule has 3 aromatic rings. The van der Waals surface area contributed by atoms with Crippen LogP contribution in [0.25, 0.3) is 10.8 Å². The zero-order chi connectivity index (χ0) is 33.3. The van der Waals surface area contributed by atoms with Crippen molar-refractivity contribution in [3.05, 3.63) is 71.2 Å². The Balaban J connectivity index is 1.41. The van der Waals surface area contributed by atoms with E-state index in [9.17, 15) is 19.7 Å². The van der Waals surface area contributed by atoms with E-state index in [1.165, 1.54) is 15.8 Å². The Morgan fingerprint density at radius 3 is 2.66 bits per heavy atom. The molecule has 244 valence electrons. The van der Waals surface area contributed by atoms with Crippen LogP contribution < -0.4 is 14.5 Å². The molecule has 47 heavy (non-hydrogen) atoms. The van der Waals surface area contributed by atoms with Gasteiger partial charge < -0.3 is 24.3 Å². The van der Waals surface area contributed by atoms with Gasteiger partial charge in [0.25, 0.3) is 5.91 Å². The molecule has 3 aliphatic rings. The van der Waals surface area contributed by atoms with Gasteiger partial charge in [0.1, 0.15) is 18.2 Å². The zero-order valence-corrected chi connectivity index (χ0v) is 26.9. The van der Waals surface area contributed by atoms with Crippen LogP contribution in [0, 0.1) is 29.6 Å². The fraction of sp³-hybridized carbons (Fsp3) is 0.444. The number of alkyl halides is 1. The molecule has 0 bridgehead atoms. The van der Waals surface area contributed by atoms with Crippen LogP contribution in [0.5, 0.6) is 5.88 Å². The number of halogens is 2. The second-order valence-electron chi connectivity index (χ2n) is 12.9. The number of hydrogen-bond donors (Lipinski definition) is 0. The third kappa shape index (κ3) is 6.33. The van der Waals surface area contributed by atoms with Crippen LogP contribution in [-0.2, 0) is 17.8 Å². The summed E-state index contributed by atoms with van der Waals surface area (Å²) in [5, 5.41) is 22.4. The van der Waals surface area contributed by atoms with E-state index >= 15 is 4.39 Å².